The number of rotatable bonds is 4. The van der Waals surface area contributed by atoms with Gasteiger partial charge in [0.25, 0.3) is 0 Å². The Kier molecular flexibility index (Phi) is 3.53. The summed E-state index contributed by atoms with van der Waals surface area (Å²) in [5.41, 5.74) is 4.88. The third-order valence-corrected chi connectivity index (χ3v) is 4.06. The van der Waals surface area contributed by atoms with E-state index in [4.69, 9.17) is 0 Å². The average Bonchev–Trinajstić information content (AvgIpc) is 2.94. The summed E-state index contributed by atoms with van der Waals surface area (Å²) in [4.78, 5) is 15.0. The molecule has 0 fully saturated rings. The number of anilines is 1. The highest BCUT2D eigenvalue weighted by molar-refractivity contribution is 7.16. The first-order chi connectivity index (χ1) is 10.1. The predicted molar refractivity (Wildman–Crippen MR) is 84.8 cm³/mol. The first-order valence-electron chi connectivity index (χ1n) is 6.45. The number of hydrogen-bond acceptors (Lipinski definition) is 5. The van der Waals surface area contributed by atoms with Crippen LogP contribution < -0.4 is 5.32 Å². The fourth-order valence-corrected chi connectivity index (χ4v) is 2.83. The van der Waals surface area contributed by atoms with Crippen LogP contribution in [0.15, 0.2) is 41.9 Å². The summed E-state index contributed by atoms with van der Waals surface area (Å²) in [5, 5.41) is 14.5. The maximum atomic E-state index is 11.3. The third kappa shape index (κ3) is 2.71. The number of aromatic nitrogens is 1. The lowest BCUT2D eigenvalue weighted by molar-refractivity contribution is -0.382. The van der Waals surface area contributed by atoms with Crippen LogP contribution in [0.25, 0.3) is 10.2 Å². The molecule has 0 aliphatic carbocycles. The summed E-state index contributed by atoms with van der Waals surface area (Å²) in [6.45, 7) is 2.56. The van der Waals surface area contributed by atoms with Gasteiger partial charge in [0.1, 0.15) is 5.69 Å². The molecule has 0 amide bonds. The van der Waals surface area contributed by atoms with E-state index in [0.29, 0.717) is 17.7 Å². The number of thiazole rings is 1. The van der Waals surface area contributed by atoms with Crippen molar-refractivity contribution in [3.05, 3.63) is 63.1 Å². The Balaban J connectivity index is 1.91. The number of fused-ring (bicyclic) bond motifs is 1. The van der Waals surface area contributed by atoms with Crippen molar-refractivity contribution in [2.45, 2.75) is 13.5 Å². The van der Waals surface area contributed by atoms with Gasteiger partial charge in [-0.15, -0.1) is 11.3 Å². The van der Waals surface area contributed by atoms with Crippen LogP contribution >= 0.6 is 11.3 Å². The number of nitrogens with zero attached hydrogens (tertiary/aromatic N) is 2. The maximum Gasteiger partial charge on any atom is 0.319 e. The van der Waals surface area contributed by atoms with Crippen LogP contribution in [0.1, 0.15) is 11.1 Å². The van der Waals surface area contributed by atoms with Gasteiger partial charge in [0, 0.05) is 6.54 Å². The highest BCUT2D eigenvalue weighted by Crippen LogP contribution is 2.34. The smallest absolute Gasteiger partial charge is 0.319 e. The van der Waals surface area contributed by atoms with E-state index < -0.39 is 0 Å². The van der Waals surface area contributed by atoms with E-state index in [-0.39, 0.29) is 10.6 Å². The van der Waals surface area contributed by atoms with Crippen LogP contribution in [-0.4, -0.2) is 9.91 Å². The van der Waals surface area contributed by atoms with E-state index in [9.17, 15) is 10.1 Å². The number of nitro groups is 1. The Hall–Kier alpha value is -2.47. The van der Waals surface area contributed by atoms with Gasteiger partial charge in [-0.1, -0.05) is 29.8 Å². The summed E-state index contributed by atoms with van der Waals surface area (Å²) in [6, 6.07) is 11.7. The van der Waals surface area contributed by atoms with Crippen LogP contribution in [0.2, 0.25) is 0 Å². The molecule has 0 spiro atoms. The second-order valence-corrected chi connectivity index (χ2v) is 5.64. The van der Waals surface area contributed by atoms with Gasteiger partial charge in [0.2, 0.25) is 0 Å². The molecule has 5 nitrogen and oxygen atoms in total. The summed E-state index contributed by atoms with van der Waals surface area (Å²) < 4.78 is 0.822. The minimum atomic E-state index is -0.375. The SMILES string of the molecule is Cc1ccc(CNc2ccc3scnc3c2[N+](=O)[O-])cc1. The molecule has 1 N–H and O–H groups in total. The van der Waals surface area contributed by atoms with E-state index in [1.165, 1.54) is 16.9 Å². The first-order valence-corrected chi connectivity index (χ1v) is 7.33. The Morgan fingerprint density at radius 3 is 2.71 bits per heavy atom. The molecule has 1 heterocycles. The van der Waals surface area contributed by atoms with Crippen LogP contribution in [0.5, 0.6) is 0 Å². The molecule has 106 valence electrons. The van der Waals surface area contributed by atoms with Crippen molar-refractivity contribution >= 4 is 32.9 Å². The Morgan fingerprint density at radius 1 is 1.24 bits per heavy atom. The lowest BCUT2D eigenvalue weighted by Gasteiger charge is -2.08. The van der Waals surface area contributed by atoms with Crippen molar-refractivity contribution < 1.29 is 4.92 Å². The highest BCUT2D eigenvalue weighted by Gasteiger charge is 2.20. The molecule has 0 aliphatic rings. The fourth-order valence-electron chi connectivity index (χ4n) is 2.15. The molecule has 21 heavy (non-hydrogen) atoms. The normalized spacial score (nSPS) is 10.7. The molecule has 3 rings (SSSR count). The molecule has 6 heteroatoms. The van der Waals surface area contributed by atoms with E-state index in [1.54, 1.807) is 11.6 Å². The minimum Gasteiger partial charge on any atom is -0.375 e. The van der Waals surface area contributed by atoms with E-state index in [1.807, 2.05) is 37.3 Å². The Morgan fingerprint density at radius 2 is 2.00 bits per heavy atom. The van der Waals surface area contributed by atoms with E-state index in [2.05, 4.69) is 10.3 Å². The third-order valence-electron chi connectivity index (χ3n) is 3.26. The first kappa shape index (κ1) is 13.5. The van der Waals surface area contributed by atoms with Crippen LogP contribution in [0.3, 0.4) is 0 Å². The second-order valence-electron chi connectivity index (χ2n) is 4.76. The van der Waals surface area contributed by atoms with E-state index in [0.717, 1.165) is 10.3 Å². The largest absolute Gasteiger partial charge is 0.375 e. The van der Waals surface area contributed by atoms with Crippen molar-refractivity contribution in [1.82, 2.24) is 4.98 Å². The van der Waals surface area contributed by atoms with Gasteiger partial charge < -0.3 is 5.32 Å². The molecule has 0 saturated carbocycles. The van der Waals surface area contributed by atoms with Gasteiger partial charge in [-0.3, -0.25) is 10.1 Å². The van der Waals surface area contributed by atoms with Gasteiger partial charge in [-0.05, 0) is 24.6 Å². The Bertz CT molecular complexity index is 796. The molecule has 0 radical (unpaired) electrons. The van der Waals surface area contributed by atoms with E-state index >= 15 is 0 Å². The molecule has 0 atom stereocenters. The topological polar surface area (TPSA) is 68.1 Å². The zero-order valence-electron chi connectivity index (χ0n) is 11.4. The van der Waals surface area contributed by atoms with Crippen molar-refractivity contribution in [2.75, 3.05) is 5.32 Å². The zero-order chi connectivity index (χ0) is 14.8. The molecular weight excluding hydrogens is 286 g/mol. The molecular formula is C15H13N3O2S. The molecule has 3 aromatic rings. The summed E-state index contributed by atoms with van der Waals surface area (Å²) >= 11 is 1.40. The molecule has 0 saturated heterocycles. The Labute approximate surface area is 125 Å². The van der Waals surface area contributed by atoms with Gasteiger partial charge in [0.05, 0.1) is 15.1 Å². The average molecular weight is 299 g/mol. The number of nitrogens with one attached hydrogen (secondary N) is 1. The van der Waals surface area contributed by atoms with Gasteiger partial charge in [-0.2, -0.15) is 0 Å². The number of nitro benzene ring substituents is 1. The zero-order valence-corrected chi connectivity index (χ0v) is 12.2. The quantitative estimate of drug-likeness (QED) is 0.581. The lowest BCUT2D eigenvalue weighted by atomic mass is 10.1. The molecule has 0 unspecified atom stereocenters. The minimum absolute atomic E-state index is 0.0425. The standard InChI is InChI=1S/C15H13N3O2S/c1-10-2-4-11(5-3-10)8-16-12-6-7-13-14(17-9-21-13)15(12)18(19)20/h2-7,9,16H,8H2,1H3. The summed E-state index contributed by atoms with van der Waals surface area (Å²) in [6.07, 6.45) is 0. The molecule has 1 aromatic heterocycles. The number of aryl methyl sites for hydroxylation is 1. The van der Waals surface area contributed by atoms with Gasteiger partial charge in [-0.25, -0.2) is 4.98 Å². The van der Waals surface area contributed by atoms with Crippen LogP contribution in [0, 0.1) is 17.0 Å². The van der Waals surface area contributed by atoms with Gasteiger partial charge in [0.15, 0.2) is 5.52 Å². The van der Waals surface area contributed by atoms with Crippen molar-refractivity contribution in [1.29, 1.82) is 0 Å². The van der Waals surface area contributed by atoms with Gasteiger partial charge >= 0.3 is 5.69 Å². The highest BCUT2D eigenvalue weighted by atomic mass is 32.1. The van der Waals surface area contributed by atoms with Crippen LogP contribution in [0.4, 0.5) is 11.4 Å². The lowest BCUT2D eigenvalue weighted by Crippen LogP contribution is -2.03. The summed E-state index contributed by atoms with van der Waals surface area (Å²) in [7, 11) is 0. The summed E-state index contributed by atoms with van der Waals surface area (Å²) in [5.74, 6) is 0. The van der Waals surface area contributed by atoms with Crippen molar-refractivity contribution in [2.24, 2.45) is 0 Å². The molecule has 2 aromatic carbocycles. The maximum absolute atomic E-state index is 11.3. The number of benzene rings is 2. The monoisotopic (exact) mass is 299 g/mol. The number of hydrogen-bond donors (Lipinski definition) is 1. The van der Waals surface area contributed by atoms with Crippen LogP contribution in [-0.2, 0) is 6.54 Å². The fraction of sp³-hybridized carbons (Fsp3) is 0.133. The second kappa shape index (κ2) is 5.49. The molecule has 0 aliphatic heterocycles. The van der Waals surface area contributed by atoms with Crippen molar-refractivity contribution in [3.8, 4) is 0 Å². The predicted octanol–water partition coefficient (Wildman–Crippen LogP) is 4.13. The van der Waals surface area contributed by atoms with Crippen molar-refractivity contribution in [3.63, 3.8) is 0 Å². The molecule has 0 bridgehead atoms.